The Morgan fingerprint density at radius 3 is 2.76 bits per heavy atom. The number of fused-ring (bicyclic) bond motifs is 1. The standard InChI is InChI=1S/C22H28N4O3/c27-18-8-7-16(20(28)25-18)26-13-15-5-1-4-14(19(15)21(26)29)12-23-17-6-2-11-24-22(17)9-3-10-22/h1,4-5,16-17,23-24H,2-3,6-13H2,(H,25,27,28). The highest BCUT2D eigenvalue weighted by Gasteiger charge is 2.45. The van der Waals surface area contributed by atoms with E-state index in [1.54, 1.807) is 4.90 Å². The third-order valence-electron chi connectivity index (χ3n) is 7.24. The van der Waals surface area contributed by atoms with Gasteiger partial charge >= 0.3 is 0 Å². The molecule has 2 saturated heterocycles. The molecule has 1 saturated carbocycles. The summed E-state index contributed by atoms with van der Waals surface area (Å²) in [5.41, 5.74) is 2.94. The van der Waals surface area contributed by atoms with Crippen LogP contribution < -0.4 is 16.0 Å². The lowest BCUT2D eigenvalue weighted by molar-refractivity contribution is -0.136. The van der Waals surface area contributed by atoms with E-state index in [1.165, 1.54) is 32.1 Å². The Kier molecular flexibility index (Phi) is 4.67. The van der Waals surface area contributed by atoms with Gasteiger partial charge in [0.15, 0.2) is 0 Å². The number of nitrogens with one attached hydrogen (secondary N) is 3. The summed E-state index contributed by atoms with van der Waals surface area (Å²) in [4.78, 5) is 38.6. The highest BCUT2D eigenvalue weighted by atomic mass is 16.2. The number of imide groups is 1. The smallest absolute Gasteiger partial charge is 0.255 e. The number of nitrogens with zero attached hydrogens (tertiary/aromatic N) is 1. The van der Waals surface area contributed by atoms with Crippen molar-refractivity contribution in [2.24, 2.45) is 0 Å². The molecule has 2 atom stereocenters. The van der Waals surface area contributed by atoms with Crippen molar-refractivity contribution >= 4 is 17.7 Å². The van der Waals surface area contributed by atoms with Crippen LogP contribution in [0.5, 0.6) is 0 Å². The van der Waals surface area contributed by atoms with Crippen LogP contribution in [0.3, 0.4) is 0 Å². The summed E-state index contributed by atoms with van der Waals surface area (Å²) >= 11 is 0. The van der Waals surface area contributed by atoms with Crippen molar-refractivity contribution in [2.75, 3.05) is 6.54 Å². The molecule has 3 fully saturated rings. The zero-order valence-electron chi connectivity index (χ0n) is 16.6. The van der Waals surface area contributed by atoms with Crippen molar-refractivity contribution in [3.63, 3.8) is 0 Å². The fraction of sp³-hybridized carbons (Fsp3) is 0.591. The molecule has 1 aliphatic carbocycles. The van der Waals surface area contributed by atoms with Gasteiger partial charge in [-0.05, 0) is 56.2 Å². The van der Waals surface area contributed by atoms with Crippen molar-refractivity contribution in [3.8, 4) is 0 Å². The van der Waals surface area contributed by atoms with E-state index in [1.807, 2.05) is 18.2 Å². The van der Waals surface area contributed by atoms with Crippen LogP contribution in [0.4, 0.5) is 0 Å². The average molecular weight is 396 g/mol. The van der Waals surface area contributed by atoms with Crippen LogP contribution in [0, 0.1) is 0 Å². The van der Waals surface area contributed by atoms with Crippen LogP contribution in [0.2, 0.25) is 0 Å². The van der Waals surface area contributed by atoms with Gasteiger partial charge in [0.25, 0.3) is 5.91 Å². The highest BCUT2D eigenvalue weighted by molar-refractivity contribution is 6.05. The largest absolute Gasteiger partial charge is 0.322 e. The van der Waals surface area contributed by atoms with Crippen molar-refractivity contribution < 1.29 is 14.4 Å². The summed E-state index contributed by atoms with van der Waals surface area (Å²) < 4.78 is 0. The lowest BCUT2D eigenvalue weighted by atomic mass is 9.68. The quantitative estimate of drug-likeness (QED) is 0.666. The summed E-state index contributed by atoms with van der Waals surface area (Å²) in [6, 6.07) is 5.85. The molecule has 3 amide bonds. The minimum Gasteiger partial charge on any atom is -0.322 e. The zero-order chi connectivity index (χ0) is 20.0. The maximum Gasteiger partial charge on any atom is 0.255 e. The minimum absolute atomic E-state index is 0.0907. The second kappa shape index (κ2) is 7.22. The van der Waals surface area contributed by atoms with Crippen LogP contribution >= 0.6 is 0 Å². The van der Waals surface area contributed by atoms with Gasteiger partial charge in [0.2, 0.25) is 11.8 Å². The van der Waals surface area contributed by atoms with Crippen LogP contribution in [0.25, 0.3) is 0 Å². The molecule has 7 nitrogen and oxygen atoms in total. The Hall–Kier alpha value is -2.25. The van der Waals surface area contributed by atoms with E-state index in [0.29, 0.717) is 25.6 Å². The molecular formula is C22H28N4O3. The minimum atomic E-state index is -0.561. The number of hydrogen-bond acceptors (Lipinski definition) is 5. The Balaban J connectivity index is 1.32. The van der Waals surface area contributed by atoms with E-state index in [-0.39, 0.29) is 29.7 Å². The molecule has 0 radical (unpaired) electrons. The first-order valence-corrected chi connectivity index (χ1v) is 10.8. The van der Waals surface area contributed by atoms with Crippen molar-refractivity contribution in [1.29, 1.82) is 0 Å². The number of benzene rings is 1. The number of carbonyl (C=O) groups excluding carboxylic acids is 3. The SMILES string of the molecule is O=C1CCC(N2Cc3cccc(CNC4CCCNC45CCC5)c3C2=O)C(=O)N1. The molecule has 0 bridgehead atoms. The highest BCUT2D eigenvalue weighted by Crippen LogP contribution is 2.39. The Labute approximate surface area is 170 Å². The molecular weight excluding hydrogens is 368 g/mol. The first kappa shape index (κ1) is 18.8. The molecule has 2 unspecified atom stereocenters. The second-order valence-corrected chi connectivity index (χ2v) is 8.86. The molecule has 4 aliphatic rings. The van der Waals surface area contributed by atoms with Gasteiger partial charge in [0, 0.05) is 36.7 Å². The predicted octanol–water partition coefficient (Wildman–Crippen LogP) is 1.21. The van der Waals surface area contributed by atoms with Crippen LogP contribution in [0.15, 0.2) is 18.2 Å². The van der Waals surface area contributed by atoms with Gasteiger partial charge < -0.3 is 15.5 Å². The van der Waals surface area contributed by atoms with Gasteiger partial charge in [0.1, 0.15) is 6.04 Å². The first-order chi connectivity index (χ1) is 14.1. The number of carbonyl (C=O) groups is 3. The summed E-state index contributed by atoms with van der Waals surface area (Å²) in [6.45, 7) is 2.19. The molecule has 1 spiro atoms. The maximum absolute atomic E-state index is 13.2. The van der Waals surface area contributed by atoms with E-state index < -0.39 is 6.04 Å². The summed E-state index contributed by atoms with van der Waals surface area (Å²) in [7, 11) is 0. The van der Waals surface area contributed by atoms with E-state index in [4.69, 9.17) is 0 Å². The van der Waals surface area contributed by atoms with Gasteiger partial charge in [-0.3, -0.25) is 19.7 Å². The Bertz CT molecular complexity index is 864. The van der Waals surface area contributed by atoms with E-state index in [9.17, 15) is 14.4 Å². The van der Waals surface area contributed by atoms with Gasteiger partial charge in [-0.2, -0.15) is 0 Å². The van der Waals surface area contributed by atoms with Crippen LogP contribution in [-0.4, -0.2) is 46.8 Å². The summed E-state index contributed by atoms with van der Waals surface area (Å²) in [5.74, 6) is -0.708. The molecule has 3 heterocycles. The lowest BCUT2D eigenvalue weighted by Crippen LogP contribution is -2.66. The second-order valence-electron chi connectivity index (χ2n) is 8.86. The maximum atomic E-state index is 13.2. The Morgan fingerprint density at radius 2 is 2.00 bits per heavy atom. The third kappa shape index (κ3) is 3.16. The molecule has 0 aromatic heterocycles. The number of amides is 3. The molecule has 7 heteroatoms. The molecule has 29 heavy (non-hydrogen) atoms. The fourth-order valence-electron chi connectivity index (χ4n) is 5.49. The van der Waals surface area contributed by atoms with Gasteiger partial charge in [-0.25, -0.2) is 0 Å². The number of rotatable bonds is 4. The molecule has 1 aromatic carbocycles. The normalized spacial score (nSPS) is 28.3. The topological polar surface area (TPSA) is 90.5 Å². The third-order valence-corrected chi connectivity index (χ3v) is 7.24. The van der Waals surface area contributed by atoms with Crippen molar-refractivity contribution in [3.05, 3.63) is 34.9 Å². The Morgan fingerprint density at radius 1 is 1.14 bits per heavy atom. The predicted molar refractivity (Wildman–Crippen MR) is 107 cm³/mol. The van der Waals surface area contributed by atoms with Gasteiger partial charge in [-0.1, -0.05) is 18.2 Å². The van der Waals surface area contributed by atoms with E-state index in [2.05, 4.69) is 16.0 Å². The monoisotopic (exact) mass is 396 g/mol. The van der Waals surface area contributed by atoms with E-state index in [0.717, 1.165) is 23.2 Å². The zero-order valence-corrected chi connectivity index (χ0v) is 16.6. The summed E-state index contributed by atoms with van der Waals surface area (Å²) in [6.07, 6.45) is 6.74. The van der Waals surface area contributed by atoms with Crippen LogP contribution in [-0.2, 0) is 22.7 Å². The van der Waals surface area contributed by atoms with Crippen LogP contribution in [0.1, 0.15) is 66.4 Å². The first-order valence-electron chi connectivity index (χ1n) is 10.8. The molecule has 154 valence electrons. The van der Waals surface area contributed by atoms with Gasteiger partial charge in [0.05, 0.1) is 0 Å². The molecule has 5 rings (SSSR count). The van der Waals surface area contributed by atoms with Crippen molar-refractivity contribution in [1.82, 2.24) is 20.9 Å². The van der Waals surface area contributed by atoms with Crippen molar-refractivity contribution in [2.45, 2.75) is 75.7 Å². The summed E-state index contributed by atoms with van der Waals surface area (Å²) in [5, 5.41) is 9.83. The number of piperidine rings is 2. The van der Waals surface area contributed by atoms with E-state index >= 15 is 0 Å². The number of hydrogen-bond donors (Lipinski definition) is 3. The lowest BCUT2D eigenvalue weighted by Gasteiger charge is -2.51. The fourth-order valence-corrected chi connectivity index (χ4v) is 5.49. The molecule has 3 N–H and O–H groups in total. The average Bonchev–Trinajstić information content (AvgIpc) is 3.02. The molecule has 3 aliphatic heterocycles. The molecule has 1 aromatic rings. The van der Waals surface area contributed by atoms with Gasteiger partial charge in [-0.15, -0.1) is 0 Å².